The van der Waals surface area contributed by atoms with Crippen LogP contribution in [0, 0.1) is 5.41 Å². The Kier molecular flexibility index (Phi) is 5.48. The van der Waals surface area contributed by atoms with Crippen molar-refractivity contribution >= 4 is 5.84 Å². The summed E-state index contributed by atoms with van der Waals surface area (Å²) in [4.78, 5) is 1.94. The van der Waals surface area contributed by atoms with E-state index in [9.17, 15) is 0 Å². The van der Waals surface area contributed by atoms with Crippen LogP contribution in [0.4, 0.5) is 0 Å². The van der Waals surface area contributed by atoms with Crippen LogP contribution in [0.2, 0.25) is 0 Å². The lowest BCUT2D eigenvalue weighted by molar-refractivity contribution is 0.371. The number of nitrogens with zero attached hydrogens (tertiary/aromatic N) is 1. The van der Waals surface area contributed by atoms with Crippen LogP contribution in [0.3, 0.4) is 0 Å². The molecule has 1 aromatic carbocycles. The van der Waals surface area contributed by atoms with Gasteiger partial charge in [-0.15, -0.1) is 0 Å². The third-order valence-electron chi connectivity index (χ3n) is 3.03. The van der Waals surface area contributed by atoms with E-state index < -0.39 is 0 Å². The quantitative estimate of drug-likeness (QED) is 0.634. The molecule has 0 fully saturated rings. The van der Waals surface area contributed by atoms with Gasteiger partial charge in [-0.1, -0.05) is 0 Å². The fourth-order valence-electron chi connectivity index (χ4n) is 1.94. The summed E-state index contributed by atoms with van der Waals surface area (Å²) >= 11 is 0. The van der Waals surface area contributed by atoms with Crippen LogP contribution >= 0.6 is 0 Å². The van der Waals surface area contributed by atoms with E-state index in [4.69, 9.17) is 19.6 Å². The van der Waals surface area contributed by atoms with E-state index in [0.29, 0.717) is 28.6 Å². The number of benzene rings is 1. The molecule has 19 heavy (non-hydrogen) atoms. The zero-order valence-corrected chi connectivity index (χ0v) is 12.2. The molecular formula is C14H22N2O3. The highest BCUT2D eigenvalue weighted by molar-refractivity contribution is 6.01. The molecule has 1 rings (SSSR count). The largest absolute Gasteiger partial charge is 0.496 e. The van der Waals surface area contributed by atoms with Crippen LogP contribution in [-0.4, -0.2) is 45.2 Å². The van der Waals surface area contributed by atoms with E-state index in [1.165, 1.54) is 0 Å². The van der Waals surface area contributed by atoms with E-state index in [2.05, 4.69) is 0 Å². The fourth-order valence-corrected chi connectivity index (χ4v) is 1.94. The van der Waals surface area contributed by atoms with E-state index in [1.54, 1.807) is 33.5 Å². The first kappa shape index (κ1) is 15.1. The Morgan fingerprint density at radius 2 is 1.47 bits per heavy atom. The molecule has 0 amide bonds. The van der Waals surface area contributed by atoms with Gasteiger partial charge in [-0.05, 0) is 13.8 Å². The number of nitrogens with one attached hydrogen (secondary N) is 1. The van der Waals surface area contributed by atoms with Crippen LogP contribution in [-0.2, 0) is 0 Å². The molecular weight excluding hydrogens is 244 g/mol. The van der Waals surface area contributed by atoms with Gasteiger partial charge in [0, 0.05) is 25.2 Å². The molecule has 0 saturated heterocycles. The van der Waals surface area contributed by atoms with Crippen molar-refractivity contribution in [2.45, 2.75) is 13.8 Å². The van der Waals surface area contributed by atoms with Gasteiger partial charge in [-0.2, -0.15) is 0 Å². The molecule has 0 aliphatic carbocycles. The predicted octanol–water partition coefficient (Wildman–Crippen LogP) is 2.38. The average molecular weight is 266 g/mol. The van der Waals surface area contributed by atoms with Gasteiger partial charge < -0.3 is 19.1 Å². The molecule has 0 aromatic heterocycles. The minimum absolute atomic E-state index is 0.390. The van der Waals surface area contributed by atoms with Crippen molar-refractivity contribution in [2.24, 2.45) is 0 Å². The summed E-state index contributed by atoms with van der Waals surface area (Å²) in [7, 11) is 4.74. The number of ether oxygens (including phenoxy) is 3. The molecule has 1 N–H and O–H groups in total. The molecule has 0 heterocycles. The fraction of sp³-hybridized carbons (Fsp3) is 0.500. The second-order valence-corrected chi connectivity index (χ2v) is 3.93. The summed E-state index contributed by atoms with van der Waals surface area (Å²) in [6.07, 6.45) is 0. The van der Waals surface area contributed by atoms with Crippen LogP contribution in [0.5, 0.6) is 17.2 Å². The highest BCUT2D eigenvalue weighted by Gasteiger charge is 2.20. The summed E-state index contributed by atoms with van der Waals surface area (Å²) in [5, 5.41) is 8.33. The standard InChI is InChI=1S/C14H22N2O3/c1-6-16(7-2)14(15)13-11(18-4)8-10(17-3)9-12(13)19-5/h8-9,15H,6-7H2,1-5H3. The Balaban J connectivity index is 3.35. The Morgan fingerprint density at radius 1 is 1.00 bits per heavy atom. The van der Waals surface area contributed by atoms with Crippen molar-refractivity contribution < 1.29 is 14.2 Å². The van der Waals surface area contributed by atoms with Crippen molar-refractivity contribution in [1.82, 2.24) is 4.90 Å². The maximum absolute atomic E-state index is 8.33. The maximum Gasteiger partial charge on any atom is 0.137 e. The molecule has 0 unspecified atom stereocenters. The molecule has 0 aliphatic heterocycles. The van der Waals surface area contributed by atoms with Gasteiger partial charge in [0.15, 0.2) is 0 Å². The SMILES string of the molecule is CCN(CC)C(=N)c1c(OC)cc(OC)cc1OC. The molecule has 1 aromatic rings. The van der Waals surface area contributed by atoms with Crippen LogP contribution < -0.4 is 14.2 Å². The van der Waals surface area contributed by atoms with Crippen molar-refractivity contribution in [1.29, 1.82) is 5.41 Å². The monoisotopic (exact) mass is 266 g/mol. The topological polar surface area (TPSA) is 54.8 Å². The molecule has 0 saturated carbocycles. The minimum atomic E-state index is 0.390. The third-order valence-corrected chi connectivity index (χ3v) is 3.03. The Morgan fingerprint density at radius 3 is 1.79 bits per heavy atom. The second-order valence-electron chi connectivity index (χ2n) is 3.93. The molecule has 5 heteroatoms. The zero-order valence-electron chi connectivity index (χ0n) is 12.2. The van der Waals surface area contributed by atoms with E-state index in [1.807, 2.05) is 18.7 Å². The highest BCUT2D eigenvalue weighted by atomic mass is 16.5. The summed E-state index contributed by atoms with van der Waals surface area (Å²) < 4.78 is 15.9. The molecule has 0 atom stereocenters. The average Bonchev–Trinajstić information content (AvgIpc) is 2.46. The molecule has 0 spiro atoms. The van der Waals surface area contributed by atoms with Crippen molar-refractivity contribution in [2.75, 3.05) is 34.4 Å². The zero-order chi connectivity index (χ0) is 14.4. The van der Waals surface area contributed by atoms with Crippen LogP contribution in [0.1, 0.15) is 19.4 Å². The van der Waals surface area contributed by atoms with Crippen molar-refractivity contribution in [3.8, 4) is 17.2 Å². The van der Waals surface area contributed by atoms with E-state index in [0.717, 1.165) is 13.1 Å². The van der Waals surface area contributed by atoms with Gasteiger partial charge in [0.25, 0.3) is 0 Å². The lowest BCUT2D eigenvalue weighted by Crippen LogP contribution is -2.31. The molecule has 106 valence electrons. The third kappa shape index (κ3) is 3.10. The Hall–Kier alpha value is -1.91. The van der Waals surface area contributed by atoms with Crippen molar-refractivity contribution in [3.63, 3.8) is 0 Å². The molecule has 0 radical (unpaired) electrons. The summed E-state index contributed by atoms with van der Waals surface area (Å²) in [5.74, 6) is 2.19. The first-order valence-electron chi connectivity index (χ1n) is 6.26. The second kappa shape index (κ2) is 6.87. The minimum Gasteiger partial charge on any atom is -0.496 e. The number of hydrogen-bond donors (Lipinski definition) is 1. The normalized spacial score (nSPS) is 9.95. The van der Waals surface area contributed by atoms with Gasteiger partial charge in [-0.25, -0.2) is 0 Å². The lowest BCUT2D eigenvalue weighted by atomic mass is 10.1. The summed E-state index contributed by atoms with van der Waals surface area (Å²) in [6.45, 7) is 5.54. The van der Waals surface area contributed by atoms with Gasteiger partial charge in [0.05, 0.1) is 21.3 Å². The van der Waals surface area contributed by atoms with Crippen molar-refractivity contribution in [3.05, 3.63) is 17.7 Å². The molecule has 0 aliphatic rings. The number of hydrogen-bond acceptors (Lipinski definition) is 4. The van der Waals surface area contributed by atoms with Crippen LogP contribution in [0.15, 0.2) is 12.1 Å². The predicted molar refractivity (Wildman–Crippen MR) is 75.8 cm³/mol. The van der Waals surface area contributed by atoms with Gasteiger partial charge in [-0.3, -0.25) is 5.41 Å². The first-order valence-corrected chi connectivity index (χ1v) is 6.26. The maximum atomic E-state index is 8.33. The van der Waals surface area contributed by atoms with Gasteiger partial charge in [0.2, 0.25) is 0 Å². The Bertz CT molecular complexity index is 417. The van der Waals surface area contributed by atoms with Gasteiger partial charge >= 0.3 is 0 Å². The number of methoxy groups -OCH3 is 3. The summed E-state index contributed by atoms with van der Waals surface area (Å²) in [5.41, 5.74) is 0.648. The van der Waals surface area contributed by atoms with E-state index >= 15 is 0 Å². The molecule has 5 nitrogen and oxygen atoms in total. The van der Waals surface area contributed by atoms with E-state index in [-0.39, 0.29) is 0 Å². The smallest absolute Gasteiger partial charge is 0.137 e. The number of amidine groups is 1. The summed E-state index contributed by atoms with van der Waals surface area (Å²) in [6, 6.07) is 3.52. The number of rotatable bonds is 6. The highest BCUT2D eigenvalue weighted by Crippen LogP contribution is 2.34. The van der Waals surface area contributed by atoms with Gasteiger partial charge in [0.1, 0.15) is 28.6 Å². The van der Waals surface area contributed by atoms with Crippen LogP contribution in [0.25, 0.3) is 0 Å². The first-order chi connectivity index (χ1) is 9.12. The Labute approximate surface area is 114 Å². The molecule has 0 bridgehead atoms. The lowest BCUT2D eigenvalue weighted by Gasteiger charge is -2.24.